The molecule has 0 aromatic carbocycles. The van der Waals surface area contributed by atoms with Crippen molar-refractivity contribution in [3.05, 3.63) is 5.38 Å². The van der Waals surface area contributed by atoms with Crippen molar-refractivity contribution in [1.82, 2.24) is 30.2 Å². The summed E-state index contributed by atoms with van der Waals surface area (Å²) in [5.74, 6) is 1.01. The van der Waals surface area contributed by atoms with E-state index in [4.69, 9.17) is 0 Å². The van der Waals surface area contributed by atoms with E-state index < -0.39 is 0 Å². The molecule has 8 heteroatoms. The van der Waals surface area contributed by atoms with E-state index in [2.05, 4.69) is 35.5 Å². The minimum absolute atomic E-state index is 0.387. The number of rotatable bonds is 2. The Hall–Kier alpha value is -1.57. The van der Waals surface area contributed by atoms with E-state index in [-0.39, 0.29) is 0 Å². The van der Waals surface area contributed by atoms with Crippen LogP contribution in [-0.4, -0.2) is 30.2 Å². The molecular formula is C3H3N7S. The SMILES string of the molecule is c1snnc1Nc1nn[nH]n1. The topological polar surface area (TPSA) is 92.3 Å². The molecule has 0 fully saturated rings. The average molecular weight is 169 g/mol. The van der Waals surface area contributed by atoms with E-state index in [1.54, 1.807) is 5.38 Å². The number of aromatic amines is 1. The third kappa shape index (κ3) is 1.29. The van der Waals surface area contributed by atoms with Crippen molar-refractivity contribution in [3.63, 3.8) is 0 Å². The maximum Gasteiger partial charge on any atom is 0.268 e. The van der Waals surface area contributed by atoms with Gasteiger partial charge in [0.05, 0.1) is 5.38 Å². The lowest BCUT2D eigenvalue weighted by Gasteiger charge is -1.89. The Morgan fingerprint density at radius 1 is 1.45 bits per heavy atom. The van der Waals surface area contributed by atoms with Gasteiger partial charge in [0, 0.05) is 0 Å². The van der Waals surface area contributed by atoms with Crippen LogP contribution in [0.2, 0.25) is 0 Å². The largest absolute Gasteiger partial charge is 0.304 e. The lowest BCUT2D eigenvalue weighted by atomic mass is 10.8. The van der Waals surface area contributed by atoms with Gasteiger partial charge in [0.1, 0.15) is 0 Å². The average Bonchev–Trinajstić information content (AvgIpc) is 2.60. The van der Waals surface area contributed by atoms with Crippen molar-refractivity contribution in [2.75, 3.05) is 5.32 Å². The Balaban J connectivity index is 2.14. The Kier molecular flexibility index (Phi) is 1.44. The quantitative estimate of drug-likeness (QED) is 0.646. The van der Waals surface area contributed by atoms with Crippen LogP contribution in [0.25, 0.3) is 0 Å². The number of hydrogen-bond acceptors (Lipinski definition) is 7. The summed E-state index contributed by atoms with van der Waals surface area (Å²) >= 11 is 1.25. The predicted molar refractivity (Wildman–Crippen MR) is 37.4 cm³/mol. The molecule has 0 saturated carbocycles. The first-order valence-corrected chi connectivity index (χ1v) is 3.56. The summed E-state index contributed by atoms with van der Waals surface area (Å²) in [5, 5.41) is 21.3. The van der Waals surface area contributed by atoms with Crippen molar-refractivity contribution in [3.8, 4) is 0 Å². The number of nitrogens with zero attached hydrogens (tertiary/aromatic N) is 5. The highest BCUT2D eigenvalue weighted by atomic mass is 32.1. The van der Waals surface area contributed by atoms with Gasteiger partial charge in [-0.2, -0.15) is 5.21 Å². The van der Waals surface area contributed by atoms with Crippen LogP contribution < -0.4 is 5.32 Å². The lowest BCUT2D eigenvalue weighted by Crippen LogP contribution is -1.92. The van der Waals surface area contributed by atoms with E-state index in [0.717, 1.165) is 0 Å². The Labute approximate surface area is 65.0 Å². The van der Waals surface area contributed by atoms with Gasteiger partial charge in [-0.1, -0.05) is 9.59 Å². The van der Waals surface area contributed by atoms with Gasteiger partial charge in [-0.05, 0) is 16.7 Å². The first-order valence-electron chi connectivity index (χ1n) is 2.72. The zero-order chi connectivity index (χ0) is 7.52. The van der Waals surface area contributed by atoms with Crippen LogP contribution in [0.1, 0.15) is 0 Å². The minimum atomic E-state index is 0.387. The molecule has 2 aromatic heterocycles. The Bertz CT molecular complexity index is 266. The number of anilines is 2. The normalized spacial score (nSPS) is 9.82. The summed E-state index contributed by atoms with van der Waals surface area (Å²) in [6, 6.07) is 0. The number of nitrogens with one attached hydrogen (secondary N) is 2. The van der Waals surface area contributed by atoms with Crippen LogP contribution in [0.15, 0.2) is 5.38 Å². The molecule has 0 aliphatic heterocycles. The fourth-order valence-electron chi connectivity index (χ4n) is 0.548. The molecule has 0 unspecified atom stereocenters. The highest BCUT2D eigenvalue weighted by Gasteiger charge is 1.99. The van der Waals surface area contributed by atoms with Crippen LogP contribution in [0.3, 0.4) is 0 Å². The smallest absolute Gasteiger partial charge is 0.268 e. The van der Waals surface area contributed by atoms with Gasteiger partial charge < -0.3 is 5.32 Å². The van der Waals surface area contributed by atoms with Crippen LogP contribution in [0.5, 0.6) is 0 Å². The maximum atomic E-state index is 3.73. The van der Waals surface area contributed by atoms with Crippen molar-refractivity contribution in [1.29, 1.82) is 0 Å². The molecule has 0 spiro atoms. The fraction of sp³-hybridized carbons (Fsp3) is 0. The highest BCUT2D eigenvalue weighted by molar-refractivity contribution is 7.03. The van der Waals surface area contributed by atoms with Crippen LogP contribution in [-0.2, 0) is 0 Å². The molecule has 2 aromatic rings. The zero-order valence-corrected chi connectivity index (χ0v) is 6.04. The van der Waals surface area contributed by atoms with E-state index in [1.165, 1.54) is 11.5 Å². The summed E-state index contributed by atoms with van der Waals surface area (Å²) in [6.45, 7) is 0. The third-order valence-corrected chi connectivity index (χ3v) is 1.45. The molecule has 0 amide bonds. The standard InChI is InChI=1S/C3H3N7S/c1-2(5-10-11-1)4-3-6-8-9-7-3/h1H,(H2,4,6,7,8,9). The molecule has 0 bridgehead atoms. The number of aromatic nitrogens is 6. The second kappa shape index (κ2) is 2.58. The minimum Gasteiger partial charge on any atom is -0.304 e. The summed E-state index contributed by atoms with van der Waals surface area (Å²) in [6.07, 6.45) is 0. The van der Waals surface area contributed by atoms with Gasteiger partial charge in [0.2, 0.25) is 0 Å². The second-order valence-corrected chi connectivity index (χ2v) is 2.26. The molecule has 0 radical (unpaired) electrons. The molecule has 0 aliphatic carbocycles. The maximum absolute atomic E-state index is 3.73. The Morgan fingerprint density at radius 2 is 2.45 bits per heavy atom. The fourth-order valence-corrected chi connectivity index (χ4v) is 0.937. The number of tetrazole rings is 1. The first kappa shape index (κ1) is 6.16. The lowest BCUT2D eigenvalue weighted by molar-refractivity contribution is 0.881. The molecule has 2 rings (SSSR count). The second-order valence-electron chi connectivity index (χ2n) is 1.65. The molecule has 0 saturated heterocycles. The van der Waals surface area contributed by atoms with Crippen molar-refractivity contribution >= 4 is 23.3 Å². The highest BCUT2D eigenvalue weighted by Crippen LogP contribution is 2.07. The van der Waals surface area contributed by atoms with Crippen molar-refractivity contribution in [2.24, 2.45) is 0 Å². The molecule has 11 heavy (non-hydrogen) atoms. The van der Waals surface area contributed by atoms with Crippen LogP contribution in [0.4, 0.5) is 11.8 Å². The summed E-state index contributed by atoms with van der Waals surface area (Å²) in [7, 11) is 0. The van der Waals surface area contributed by atoms with Gasteiger partial charge >= 0.3 is 0 Å². The summed E-state index contributed by atoms with van der Waals surface area (Å²) in [5.41, 5.74) is 0. The zero-order valence-electron chi connectivity index (χ0n) is 5.22. The van der Waals surface area contributed by atoms with Crippen molar-refractivity contribution in [2.45, 2.75) is 0 Å². The monoisotopic (exact) mass is 169 g/mol. The number of hydrogen-bond donors (Lipinski definition) is 2. The molecule has 0 aliphatic rings. The van der Waals surface area contributed by atoms with E-state index in [1.807, 2.05) is 0 Å². The molecule has 2 N–H and O–H groups in total. The van der Waals surface area contributed by atoms with Gasteiger partial charge in [-0.3, -0.25) is 0 Å². The first-order chi connectivity index (χ1) is 5.45. The van der Waals surface area contributed by atoms with Crippen LogP contribution >= 0.6 is 11.5 Å². The van der Waals surface area contributed by atoms with Gasteiger partial charge in [-0.15, -0.1) is 10.2 Å². The molecule has 56 valence electrons. The third-order valence-electron chi connectivity index (χ3n) is 0.945. The predicted octanol–water partition coefficient (Wildman–Crippen LogP) is -0.205. The molecule has 0 atom stereocenters. The number of H-pyrrole nitrogens is 1. The molecule has 2 heterocycles. The van der Waals surface area contributed by atoms with Crippen molar-refractivity contribution < 1.29 is 0 Å². The van der Waals surface area contributed by atoms with Gasteiger partial charge in [0.25, 0.3) is 5.95 Å². The van der Waals surface area contributed by atoms with Gasteiger partial charge in [0.15, 0.2) is 5.82 Å². The van der Waals surface area contributed by atoms with Gasteiger partial charge in [-0.25, -0.2) is 0 Å². The van der Waals surface area contributed by atoms with E-state index in [0.29, 0.717) is 11.8 Å². The summed E-state index contributed by atoms with van der Waals surface area (Å²) in [4.78, 5) is 0. The molecule has 7 nitrogen and oxygen atoms in total. The summed E-state index contributed by atoms with van der Waals surface area (Å²) < 4.78 is 3.65. The molecular weight excluding hydrogens is 166 g/mol. The van der Waals surface area contributed by atoms with Crippen LogP contribution in [0, 0.1) is 0 Å². The van der Waals surface area contributed by atoms with E-state index >= 15 is 0 Å². The van der Waals surface area contributed by atoms with E-state index in [9.17, 15) is 0 Å². The Morgan fingerprint density at radius 3 is 3.09 bits per heavy atom.